The SMILES string of the molecule is COc1cc(NC(=O)Cn2cnc3c(C)cccc3c2=O)cc(OC)c1. The summed E-state index contributed by atoms with van der Waals surface area (Å²) >= 11 is 0. The van der Waals surface area contributed by atoms with Crippen molar-refractivity contribution in [1.29, 1.82) is 0 Å². The van der Waals surface area contributed by atoms with Gasteiger partial charge in [0.15, 0.2) is 0 Å². The zero-order valence-corrected chi connectivity index (χ0v) is 14.8. The first kappa shape index (κ1) is 17.5. The highest BCUT2D eigenvalue weighted by Gasteiger charge is 2.11. The van der Waals surface area contributed by atoms with E-state index in [0.29, 0.717) is 28.1 Å². The Hall–Kier alpha value is -3.35. The standard InChI is InChI=1S/C19H19N3O4/c1-12-5-4-6-16-18(12)20-11-22(19(16)24)10-17(23)21-13-7-14(25-2)9-15(8-13)26-3/h4-9,11H,10H2,1-3H3,(H,21,23). The summed E-state index contributed by atoms with van der Waals surface area (Å²) in [6, 6.07) is 10.4. The van der Waals surface area contributed by atoms with Crippen molar-refractivity contribution in [2.75, 3.05) is 19.5 Å². The fourth-order valence-corrected chi connectivity index (χ4v) is 2.68. The Morgan fingerprint density at radius 2 is 1.85 bits per heavy atom. The quantitative estimate of drug-likeness (QED) is 0.761. The highest BCUT2D eigenvalue weighted by Crippen LogP contribution is 2.25. The molecule has 0 saturated carbocycles. The topological polar surface area (TPSA) is 82.5 Å². The molecular formula is C19H19N3O4. The van der Waals surface area contributed by atoms with E-state index >= 15 is 0 Å². The molecule has 0 fully saturated rings. The molecule has 0 bridgehead atoms. The first-order chi connectivity index (χ1) is 12.5. The molecule has 134 valence electrons. The summed E-state index contributed by atoms with van der Waals surface area (Å²) in [6.45, 7) is 1.75. The van der Waals surface area contributed by atoms with Crippen LogP contribution in [0.25, 0.3) is 10.9 Å². The largest absolute Gasteiger partial charge is 0.497 e. The fraction of sp³-hybridized carbons (Fsp3) is 0.211. The van der Waals surface area contributed by atoms with Crippen LogP contribution in [0, 0.1) is 6.92 Å². The molecule has 0 saturated heterocycles. The minimum Gasteiger partial charge on any atom is -0.497 e. The number of ether oxygens (including phenoxy) is 2. The number of para-hydroxylation sites is 1. The molecule has 1 heterocycles. The summed E-state index contributed by atoms with van der Waals surface area (Å²) < 4.78 is 11.6. The lowest BCUT2D eigenvalue weighted by Crippen LogP contribution is -2.28. The van der Waals surface area contributed by atoms with E-state index in [2.05, 4.69) is 10.3 Å². The van der Waals surface area contributed by atoms with Gasteiger partial charge in [-0.25, -0.2) is 4.98 Å². The molecule has 0 aliphatic heterocycles. The normalized spacial score (nSPS) is 10.6. The van der Waals surface area contributed by atoms with Crippen molar-refractivity contribution in [1.82, 2.24) is 9.55 Å². The van der Waals surface area contributed by atoms with Crippen LogP contribution in [0.1, 0.15) is 5.56 Å². The molecule has 7 nitrogen and oxygen atoms in total. The fourth-order valence-electron chi connectivity index (χ4n) is 2.68. The summed E-state index contributed by atoms with van der Waals surface area (Å²) in [6.07, 6.45) is 1.39. The molecule has 0 spiro atoms. The van der Waals surface area contributed by atoms with E-state index in [-0.39, 0.29) is 18.0 Å². The lowest BCUT2D eigenvalue weighted by atomic mass is 10.1. The van der Waals surface area contributed by atoms with Gasteiger partial charge in [0.1, 0.15) is 18.0 Å². The highest BCUT2D eigenvalue weighted by atomic mass is 16.5. The summed E-state index contributed by atoms with van der Waals surface area (Å²) in [4.78, 5) is 29.2. The summed E-state index contributed by atoms with van der Waals surface area (Å²) in [5.41, 5.74) is 1.83. The molecule has 26 heavy (non-hydrogen) atoms. The maximum Gasteiger partial charge on any atom is 0.261 e. The summed E-state index contributed by atoms with van der Waals surface area (Å²) in [5.74, 6) is 0.760. The zero-order chi connectivity index (χ0) is 18.7. The van der Waals surface area contributed by atoms with E-state index in [1.54, 1.807) is 30.3 Å². The number of fused-ring (bicyclic) bond motifs is 1. The van der Waals surface area contributed by atoms with Gasteiger partial charge in [-0.15, -0.1) is 0 Å². The summed E-state index contributed by atoms with van der Waals surface area (Å²) in [5, 5.41) is 3.23. The average molecular weight is 353 g/mol. The molecule has 1 aromatic heterocycles. The van der Waals surface area contributed by atoms with Crippen molar-refractivity contribution in [2.45, 2.75) is 13.5 Å². The van der Waals surface area contributed by atoms with Crippen LogP contribution in [0.3, 0.4) is 0 Å². The van der Waals surface area contributed by atoms with Crippen LogP contribution in [0.15, 0.2) is 47.5 Å². The third-order valence-electron chi connectivity index (χ3n) is 4.00. The number of aromatic nitrogens is 2. The predicted molar refractivity (Wildman–Crippen MR) is 98.9 cm³/mol. The number of carbonyl (C=O) groups excluding carboxylic acids is 1. The van der Waals surface area contributed by atoms with Crippen molar-refractivity contribution in [3.8, 4) is 11.5 Å². The van der Waals surface area contributed by atoms with Gasteiger partial charge in [-0.2, -0.15) is 0 Å². The predicted octanol–water partition coefficient (Wildman–Crippen LogP) is 2.36. The lowest BCUT2D eigenvalue weighted by Gasteiger charge is -2.11. The molecular weight excluding hydrogens is 334 g/mol. The van der Waals surface area contributed by atoms with Gasteiger partial charge in [0.25, 0.3) is 5.56 Å². The number of hydrogen-bond acceptors (Lipinski definition) is 5. The zero-order valence-electron chi connectivity index (χ0n) is 14.8. The first-order valence-electron chi connectivity index (χ1n) is 7.99. The van der Waals surface area contributed by atoms with Gasteiger partial charge in [-0.05, 0) is 18.6 Å². The third kappa shape index (κ3) is 3.51. The third-order valence-corrected chi connectivity index (χ3v) is 4.00. The van der Waals surface area contributed by atoms with Crippen LogP contribution < -0.4 is 20.3 Å². The van der Waals surface area contributed by atoms with Crippen LogP contribution in [0.2, 0.25) is 0 Å². The maximum atomic E-state index is 12.6. The number of nitrogens with zero attached hydrogens (tertiary/aromatic N) is 2. The number of aryl methyl sites for hydroxylation is 1. The Morgan fingerprint density at radius 1 is 1.15 bits per heavy atom. The molecule has 7 heteroatoms. The second-order valence-corrected chi connectivity index (χ2v) is 5.80. The van der Waals surface area contributed by atoms with Gasteiger partial charge in [-0.1, -0.05) is 12.1 Å². The molecule has 0 radical (unpaired) electrons. The Kier molecular flexibility index (Phi) is 4.88. The van der Waals surface area contributed by atoms with E-state index in [0.717, 1.165) is 5.56 Å². The number of rotatable bonds is 5. The minimum absolute atomic E-state index is 0.144. The van der Waals surface area contributed by atoms with Crippen molar-refractivity contribution in [3.05, 3.63) is 58.6 Å². The number of nitrogens with one attached hydrogen (secondary N) is 1. The van der Waals surface area contributed by atoms with Crippen molar-refractivity contribution in [2.24, 2.45) is 0 Å². The van der Waals surface area contributed by atoms with E-state index in [1.807, 2.05) is 13.0 Å². The van der Waals surface area contributed by atoms with Crippen molar-refractivity contribution >= 4 is 22.5 Å². The number of anilines is 1. The van der Waals surface area contributed by atoms with E-state index in [9.17, 15) is 9.59 Å². The molecule has 1 amide bonds. The van der Waals surface area contributed by atoms with E-state index in [4.69, 9.17) is 9.47 Å². The molecule has 0 aliphatic carbocycles. The lowest BCUT2D eigenvalue weighted by molar-refractivity contribution is -0.116. The van der Waals surface area contributed by atoms with E-state index in [1.165, 1.54) is 25.1 Å². The Bertz CT molecular complexity index is 1000. The average Bonchev–Trinajstić information content (AvgIpc) is 2.64. The van der Waals surface area contributed by atoms with Gasteiger partial charge in [0.2, 0.25) is 5.91 Å². The number of methoxy groups -OCH3 is 2. The smallest absolute Gasteiger partial charge is 0.261 e. The first-order valence-corrected chi connectivity index (χ1v) is 7.99. The van der Waals surface area contributed by atoms with Crippen LogP contribution in [-0.2, 0) is 11.3 Å². The van der Waals surface area contributed by atoms with E-state index < -0.39 is 0 Å². The van der Waals surface area contributed by atoms with Gasteiger partial charge in [0, 0.05) is 23.9 Å². The molecule has 2 aromatic carbocycles. The van der Waals surface area contributed by atoms with Crippen LogP contribution in [0.5, 0.6) is 11.5 Å². The monoisotopic (exact) mass is 353 g/mol. The highest BCUT2D eigenvalue weighted by molar-refractivity contribution is 5.91. The van der Waals surface area contributed by atoms with Gasteiger partial charge in [-0.3, -0.25) is 14.2 Å². The molecule has 3 rings (SSSR count). The maximum absolute atomic E-state index is 12.6. The number of carbonyl (C=O) groups is 1. The Balaban J connectivity index is 1.84. The number of amides is 1. The molecule has 0 unspecified atom stereocenters. The minimum atomic E-state index is -0.351. The van der Waals surface area contributed by atoms with Gasteiger partial charge in [0.05, 0.1) is 31.4 Å². The number of benzene rings is 2. The molecule has 3 aromatic rings. The van der Waals surface area contributed by atoms with Crippen LogP contribution >= 0.6 is 0 Å². The van der Waals surface area contributed by atoms with Gasteiger partial charge < -0.3 is 14.8 Å². The summed E-state index contributed by atoms with van der Waals surface area (Å²) in [7, 11) is 3.06. The van der Waals surface area contributed by atoms with Crippen LogP contribution in [0.4, 0.5) is 5.69 Å². The Labute approximate surface area is 150 Å². The van der Waals surface area contributed by atoms with Crippen molar-refractivity contribution in [3.63, 3.8) is 0 Å². The van der Waals surface area contributed by atoms with Crippen LogP contribution in [-0.4, -0.2) is 29.7 Å². The van der Waals surface area contributed by atoms with Gasteiger partial charge >= 0.3 is 0 Å². The van der Waals surface area contributed by atoms with Crippen molar-refractivity contribution < 1.29 is 14.3 Å². The molecule has 1 N–H and O–H groups in total. The number of hydrogen-bond donors (Lipinski definition) is 1. The second-order valence-electron chi connectivity index (χ2n) is 5.80. The second kappa shape index (κ2) is 7.26. The molecule has 0 aliphatic rings. The Morgan fingerprint density at radius 3 is 2.50 bits per heavy atom. The molecule has 0 atom stereocenters.